The van der Waals surface area contributed by atoms with Gasteiger partial charge in [0.15, 0.2) is 0 Å². The Labute approximate surface area is 56.3 Å². The lowest BCUT2D eigenvalue weighted by molar-refractivity contribution is 0.124. The van der Waals surface area contributed by atoms with E-state index in [0.717, 1.165) is 13.1 Å². The van der Waals surface area contributed by atoms with E-state index in [-0.39, 0.29) is 5.41 Å². The average Bonchev–Trinajstić information content (AvgIpc) is 2.15. The number of rotatable bonds is 1. The van der Waals surface area contributed by atoms with Crippen molar-refractivity contribution < 1.29 is 5.11 Å². The van der Waals surface area contributed by atoms with Crippen molar-refractivity contribution >= 4 is 0 Å². The minimum Gasteiger partial charge on any atom is -0.396 e. The maximum absolute atomic E-state index is 8.96. The van der Waals surface area contributed by atoms with E-state index < -0.39 is 0 Å². The van der Waals surface area contributed by atoms with E-state index in [2.05, 4.69) is 19.2 Å². The Morgan fingerprint density at radius 3 is 2.67 bits per heavy atom. The van der Waals surface area contributed by atoms with Gasteiger partial charge in [0, 0.05) is 18.6 Å². The molecule has 2 heteroatoms. The Morgan fingerprint density at radius 1 is 1.78 bits per heavy atom. The molecule has 0 aromatic rings. The number of aliphatic hydroxyl groups is 1. The highest BCUT2D eigenvalue weighted by Gasteiger charge is 2.34. The van der Waals surface area contributed by atoms with Crippen molar-refractivity contribution in [1.82, 2.24) is 5.32 Å². The van der Waals surface area contributed by atoms with Crippen molar-refractivity contribution in [2.45, 2.75) is 13.8 Å². The maximum Gasteiger partial charge on any atom is 0.0499 e. The van der Waals surface area contributed by atoms with Gasteiger partial charge in [-0.2, -0.15) is 0 Å². The molecule has 1 aliphatic heterocycles. The van der Waals surface area contributed by atoms with Gasteiger partial charge in [0.2, 0.25) is 0 Å². The number of hydrogen-bond donors (Lipinski definition) is 2. The van der Waals surface area contributed by atoms with E-state index >= 15 is 0 Å². The smallest absolute Gasteiger partial charge is 0.0499 e. The fourth-order valence-electron chi connectivity index (χ4n) is 1.21. The zero-order valence-electron chi connectivity index (χ0n) is 6.15. The summed E-state index contributed by atoms with van der Waals surface area (Å²) in [7, 11) is 0. The van der Waals surface area contributed by atoms with Gasteiger partial charge in [-0.25, -0.2) is 0 Å². The molecule has 9 heavy (non-hydrogen) atoms. The minimum absolute atomic E-state index is 0.139. The summed E-state index contributed by atoms with van der Waals surface area (Å²) < 4.78 is 0. The van der Waals surface area contributed by atoms with Crippen molar-refractivity contribution in [2.24, 2.45) is 11.3 Å². The standard InChI is InChI=1S/C7H15NO/c1-6-3-8-4-7(6,2)5-9/h6,8-9H,3-5H2,1-2H3/t6?,7-/m1/s1. The van der Waals surface area contributed by atoms with Crippen LogP contribution in [0.15, 0.2) is 0 Å². The summed E-state index contributed by atoms with van der Waals surface area (Å²) >= 11 is 0. The van der Waals surface area contributed by atoms with E-state index in [9.17, 15) is 0 Å². The van der Waals surface area contributed by atoms with Crippen LogP contribution in [-0.4, -0.2) is 24.8 Å². The zero-order chi connectivity index (χ0) is 6.91. The lowest BCUT2D eigenvalue weighted by Crippen LogP contribution is -2.28. The van der Waals surface area contributed by atoms with Crippen molar-refractivity contribution in [3.63, 3.8) is 0 Å². The average molecular weight is 129 g/mol. The minimum atomic E-state index is 0.139. The largest absolute Gasteiger partial charge is 0.396 e. The first-order valence-electron chi connectivity index (χ1n) is 3.50. The number of nitrogens with one attached hydrogen (secondary N) is 1. The van der Waals surface area contributed by atoms with Crippen LogP contribution in [0.25, 0.3) is 0 Å². The monoisotopic (exact) mass is 129 g/mol. The highest BCUT2D eigenvalue weighted by molar-refractivity contribution is 4.88. The molecule has 2 atom stereocenters. The van der Waals surface area contributed by atoms with Crippen LogP contribution in [0.4, 0.5) is 0 Å². The Hall–Kier alpha value is -0.0800. The molecule has 2 N–H and O–H groups in total. The van der Waals surface area contributed by atoms with Crippen LogP contribution in [0.2, 0.25) is 0 Å². The molecule has 0 bridgehead atoms. The Balaban J connectivity index is 2.56. The molecule has 0 aromatic carbocycles. The third kappa shape index (κ3) is 1.10. The molecule has 0 spiro atoms. The summed E-state index contributed by atoms with van der Waals surface area (Å²) in [5, 5.41) is 12.2. The second kappa shape index (κ2) is 2.27. The highest BCUT2D eigenvalue weighted by atomic mass is 16.3. The molecule has 1 fully saturated rings. The van der Waals surface area contributed by atoms with Gasteiger partial charge in [-0.3, -0.25) is 0 Å². The highest BCUT2D eigenvalue weighted by Crippen LogP contribution is 2.29. The molecule has 1 saturated heterocycles. The molecular formula is C7H15NO. The fourth-order valence-corrected chi connectivity index (χ4v) is 1.21. The van der Waals surface area contributed by atoms with Gasteiger partial charge in [0.05, 0.1) is 0 Å². The van der Waals surface area contributed by atoms with Crippen molar-refractivity contribution in [3.8, 4) is 0 Å². The molecule has 1 unspecified atom stereocenters. The van der Waals surface area contributed by atoms with Gasteiger partial charge in [-0.1, -0.05) is 13.8 Å². The first-order valence-corrected chi connectivity index (χ1v) is 3.50. The number of aliphatic hydroxyl groups excluding tert-OH is 1. The van der Waals surface area contributed by atoms with Crippen LogP contribution in [0, 0.1) is 11.3 Å². The van der Waals surface area contributed by atoms with Crippen LogP contribution in [0.3, 0.4) is 0 Å². The molecule has 0 radical (unpaired) electrons. The van der Waals surface area contributed by atoms with Crippen LogP contribution >= 0.6 is 0 Å². The predicted octanol–water partition coefficient (Wildman–Crippen LogP) is 0.224. The lowest BCUT2D eigenvalue weighted by Gasteiger charge is -2.24. The molecular weight excluding hydrogens is 114 g/mol. The van der Waals surface area contributed by atoms with Gasteiger partial charge in [-0.15, -0.1) is 0 Å². The molecule has 0 aliphatic carbocycles. The van der Waals surface area contributed by atoms with Crippen LogP contribution in [0.1, 0.15) is 13.8 Å². The normalized spacial score (nSPS) is 43.7. The second-order valence-corrected chi connectivity index (χ2v) is 3.34. The predicted molar refractivity (Wildman–Crippen MR) is 37.2 cm³/mol. The summed E-state index contributed by atoms with van der Waals surface area (Å²) in [5.41, 5.74) is 0.139. The van der Waals surface area contributed by atoms with E-state index in [0.29, 0.717) is 12.5 Å². The third-order valence-corrected chi connectivity index (χ3v) is 2.53. The quantitative estimate of drug-likeness (QED) is 0.531. The molecule has 0 amide bonds. The maximum atomic E-state index is 8.96. The van der Waals surface area contributed by atoms with E-state index in [1.165, 1.54) is 0 Å². The summed E-state index contributed by atoms with van der Waals surface area (Å²) in [6.45, 7) is 6.62. The molecule has 0 aromatic heterocycles. The molecule has 2 nitrogen and oxygen atoms in total. The summed E-state index contributed by atoms with van der Waals surface area (Å²) in [4.78, 5) is 0. The number of hydrogen-bond acceptors (Lipinski definition) is 2. The Bertz CT molecular complexity index is 105. The summed E-state index contributed by atoms with van der Waals surface area (Å²) in [5.74, 6) is 0.613. The van der Waals surface area contributed by atoms with Gasteiger partial charge in [0.1, 0.15) is 0 Å². The van der Waals surface area contributed by atoms with Crippen molar-refractivity contribution in [2.75, 3.05) is 19.7 Å². The topological polar surface area (TPSA) is 32.3 Å². The molecule has 54 valence electrons. The molecule has 1 aliphatic rings. The van der Waals surface area contributed by atoms with Gasteiger partial charge in [-0.05, 0) is 12.5 Å². The molecule has 0 saturated carbocycles. The SMILES string of the molecule is CC1CNC[C@]1(C)CO. The molecule has 1 heterocycles. The second-order valence-electron chi connectivity index (χ2n) is 3.34. The van der Waals surface area contributed by atoms with Crippen LogP contribution < -0.4 is 5.32 Å². The summed E-state index contributed by atoms with van der Waals surface area (Å²) in [6.07, 6.45) is 0. The zero-order valence-corrected chi connectivity index (χ0v) is 6.15. The van der Waals surface area contributed by atoms with Crippen LogP contribution in [-0.2, 0) is 0 Å². The lowest BCUT2D eigenvalue weighted by atomic mass is 9.82. The van der Waals surface area contributed by atoms with E-state index in [1.54, 1.807) is 0 Å². The van der Waals surface area contributed by atoms with Gasteiger partial charge >= 0.3 is 0 Å². The Kier molecular flexibility index (Phi) is 1.78. The van der Waals surface area contributed by atoms with Crippen LogP contribution in [0.5, 0.6) is 0 Å². The van der Waals surface area contributed by atoms with Gasteiger partial charge < -0.3 is 10.4 Å². The third-order valence-electron chi connectivity index (χ3n) is 2.53. The van der Waals surface area contributed by atoms with Crippen molar-refractivity contribution in [1.29, 1.82) is 0 Å². The fraction of sp³-hybridized carbons (Fsp3) is 1.00. The van der Waals surface area contributed by atoms with Gasteiger partial charge in [0.25, 0.3) is 0 Å². The first kappa shape index (κ1) is 7.03. The Morgan fingerprint density at radius 2 is 2.44 bits per heavy atom. The van der Waals surface area contributed by atoms with Crippen molar-refractivity contribution in [3.05, 3.63) is 0 Å². The molecule has 1 rings (SSSR count). The van der Waals surface area contributed by atoms with E-state index in [1.807, 2.05) is 0 Å². The summed E-state index contributed by atoms with van der Waals surface area (Å²) in [6, 6.07) is 0. The first-order chi connectivity index (χ1) is 4.19. The van der Waals surface area contributed by atoms with E-state index in [4.69, 9.17) is 5.11 Å².